The molecular formula is C14H15BrClNO6. The first-order valence-electron chi connectivity index (χ1n) is 6.86. The van der Waals surface area contributed by atoms with Gasteiger partial charge in [0.05, 0.1) is 22.5 Å². The van der Waals surface area contributed by atoms with Gasteiger partial charge in [0.15, 0.2) is 0 Å². The number of aromatic amines is 1. The van der Waals surface area contributed by atoms with E-state index >= 15 is 0 Å². The average molecular weight is 409 g/mol. The van der Waals surface area contributed by atoms with Gasteiger partial charge in [-0.1, -0.05) is 11.6 Å². The maximum atomic E-state index is 10.0. The van der Waals surface area contributed by atoms with Gasteiger partial charge in [-0.3, -0.25) is 0 Å². The van der Waals surface area contributed by atoms with E-state index in [4.69, 9.17) is 21.1 Å². The lowest BCUT2D eigenvalue weighted by atomic mass is 9.99. The van der Waals surface area contributed by atoms with E-state index in [9.17, 15) is 20.4 Å². The van der Waals surface area contributed by atoms with Gasteiger partial charge in [-0.25, -0.2) is 0 Å². The topological polar surface area (TPSA) is 115 Å². The van der Waals surface area contributed by atoms with Crippen LogP contribution in [0.15, 0.2) is 22.8 Å². The summed E-state index contributed by atoms with van der Waals surface area (Å²) in [7, 11) is 0. The molecule has 0 bridgehead atoms. The molecule has 1 aromatic carbocycles. The molecule has 7 nitrogen and oxygen atoms in total. The lowest BCUT2D eigenvalue weighted by molar-refractivity contribution is -0.277. The summed E-state index contributed by atoms with van der Waals surface area (Å²) in [5.41, 5.74) is 0.720. The Morgan fingerprint density at radius 1 is 1.22 bits per heavy atom. The van der Waals surface area contributed by atoms with Crippen molar-refractivity contribution in [3.63, 3.8) is 0 Å². The zero-order valence-corrected chi connectivity index (χ0v) is 14.0. The summed E-state index contributed by atoms with van der Waals surface area (Å²) in [6.07, 6.45) is -5.17. The van der Waals surface area contributed by atoms with E-state index in [-0.39, 0.29) is 0 Å². The fraction of sp³-hybridized carbons (Fsp3) is 0.429. The number of aromatic nitrogens is 1. The summed E-state index contributed by atoms with van der Waals surface area (Å²) in [5.74, 6) is 0.315. The van der Waals surface area contributed by atoms with Crippen LogP contribution in [0.4, 0.5) is 0 Å². The monoisotopic (exact) mass is 407 g/mol. The van der Waals surface area contributed by atoms with E-state index < -0.39 is 37.3 Å². The molecule has 5 atom stereocenters. The zero-order chi connectivity index (χ0) is 16.7. The number of hydrogen-bond donors (Lipinski definition) is 5. The molecule has 9 heteroatoms. The van der Waals surface area contributed by atoms with Crippen LogP contribution >= 0.6 is 27.5 Å². The molecule has 0 aliphatic carbocycles. The summed E-state index contributed by atoms with van der Waals surface area (Å²) in [4.78, 5) is 2.98. The Balaban J connectivity index is 1.91. The first kappa shape index (κ1) is 17.0. The van der Waals surface area contributed by atoms with Crippen molar-refractivity contribution >= 4 is 38.4 Å². The van der Waals surface area contributed by atoms with Gasteiger partial charge in [0.25, 0.3) is 0 Å². The first-order valence-corrected chi connectivity index (χ1v) is 8.03. The molecule has 1 fully saturated rings. The van der Waals surface area contributed by atoms with Crippen LogP contribution in [0.3, 0.4) is 0 Å². The SMILES string of the molecule is OC[C@H]1O[C@@H](Oc2c[nH]c3ccc(Br)c(Cl)c23)[C@@H](O)[C@@H](O)[C@H]1O. The molecule has 0 radical (unpaired) electrons. The minimum Gasteiger partial charge on any atom is -0.460 e. The van der Waals surface area contributed by atoms with Gasteiger partial charge in [0, 0.05) is 10.7 Å². The summed E-state index contributed by atoms with van der Waals surface area (Å²) < 4.78 is 11.6. The minimum absolute atomic E-state index is 0.315. The summed E-state index contributed by atoms with van der Waals surface area (Å²) in [6.45, 7) is -0.523. The van der Waals surface area contributed by atoms with Gasteiger partial charge in [-0.2, -0.15) is 0 Å². The second-order valence-electron chi connectivity index (χ2n) is 5.25. The van der Waals surface area contributed by atoms with E-state index in [0.717, 1.165) is 5.52 Å². The molecule has 0 saturated carbocycles. The summed E-state index contributed by atoms with van der Waals surface area (Å²) in [6, 6.07) is 3.57. The third-order valence-electron chi connectivity index (χ3n) is 3.79. The van der Waals surface area contributed by atoms with Crippen LogP contribution in [0.1, 0.15) is 0 Å². The third kappa shape index (κ3) is 2.96. The molecule has 0 amide bonds. The predicted octanol–water partition coefficient (Wildman–Crippen LogP) is 0.762. The second-order valence-corrected chi connectivity index (χ2v) is 6.48. The van der Waals surface area contributed by atoms with Crippen molar-refractivity contribution in [2.24, 2.45) is 0 Å². The highest BCUT2D eigenvalue weighted by atomic mass is 79.9. The van der Waals surface area contributed by atoms with Crippen molar-refractivity contribution in [2.75, 3.05) is 6.61 Å². The minimum atomic E-state index is -1.50. The van der Waals surface area contributed by atoms with Crippen molar-refractivity contribution in [3.8, 4) is 5.75 Å². The fourth-order valence-electron chi connectivity index (χ4n) is 2.51. The van der Waals surface area contributed by atoms with Gasteiger partial charge in [-0.05, 0) is 28.1 Å². The molecule has 5 N–H and O–H groups in total. The first-order chi connectivity index (χ1) is 10.9. The molecule has 0 spiro atoms. The standard InChI is InChI=1S/C14H15BrClNO6/c15-5-1-2-6-9(10(5)16)7(3-17-6)22-14-13(21)12(20)11(19)8(4-18)23-14/h1-3,8,11-14,17-21H,4H2/t8-,11+,12+,13+,14-/m1/s1. The predicted molar refractivity (Wildman–Crippen MR) is 85.4 cm³/mol. The number of halogens is 2. The molecule has 0 unspecified atom stereocenters. The highest BCUT2D eigenvalue weighted by Crippen LogP contribution is 2.38. The van der Waals surface area contributed by atoms with E-state index in [1.807, 2.05) is 0 Å². The maximum Gasteiger partial charge on any atom is 0.229 e. The Morgan fingerprint density at radius 3 is 2.65 bits per heavy atom. The molecule has 1 aromatic heterocycles. The number of fused-ring (bicyclic) bond motifs is 1. The lowest BCUT2D eigenvalue weighted by Crippen LogP contribution is -2.60. The number of aliphatic hydroxyl groups is 4. The molecule has 2 heterocycles. The largest absolute Gasteiger partial charge is 0.460 e. The quantitative estimate of drug-likeness (QED) is 0.512. The molecule has 1 aliphatic heterocycles. The van der Waals surface area contributed by atoms with Gasteiger partial charge in [-0.15, -0.1) is 0 Å². The van der Waals surface area contributed by atoms with Crippen LogP contribution in [0.25, 0.3) is 10.9 Å². The van der Waals surface area contributed by atoms with Crippen molar-refractivity contribution in [3.05, 3.63) is 27.8 Å². The molecule has 126 valence electrons. The van der Waals surface area contributed by atoms with E-state index in [1.165, 1.54) is 0 Å². The van der Waals surface area contributed by atoms with Gasteiger partial charge in [0.1, 0.15) is 30.2 Å². The van der Waals surface area contributed by atoms with Crippen LogP contribution in [-0.2, 0) is 4.74 Å². The number of H-pyrrole nitrogens is 1. The van der Waals surface area contributed by atoms with Crippen molar-refractivity contribution in [1.82, 2.24) is 4.98 Å². The van der Waals surface area contributed by atoms with Crippen LogP contribution in [0.2, 0.25) is 5.02 Å². The molecule has 1 aliphatic rings. The van der Waals surface area contributed by atoms with Gasteiger partial charge >= 0.3 is 0 Å². The number of benzene rings is 1. The van der Waals surface area contributed by atoms with Crippen LogP contribution in [-0.4, -0.2) is 62.7 Å². The second kappa shape index (κ2) is 6.56. The molecule has 3 rings (SSSR count). The Kier molecular flexibility index (Phi) is 4.84. The van der Waals surface area contributed by atoms with Crippen molar-refractivity contribution in [2.45, 2.75) is 30.7 Å². The van der Waals surface area contributed by atoms with Crippen molar-refractivity contribution < 1.29 is 29.9 Å². The third-order valence-corrected chi connectivity index (χ3v) is 5.07. The number of hydrogen-bond acceptors (Lipinski definition) is 6. The van der Waals surface area contributed by atoms with Crippen LogP contribution < -0.4 is 4.74 Å². The number of nitrogens with one attached hydrogen (secondary N) is 1. The normalized spacial score (nSPS) is 31.5. The Morgan fingerprint density at radius 2 is 1.96 bits per heavy atom. The highest BCUT2D eigenvalue weighted by molar-refractivity contribution is 9.10. The summed E-state index contributed by atoms with van der Waals surface area (Å²) >= 11 is 9.58. The Hall–Kier alpha value is -0.870. The maximum absolute atomic E-state index is 10.0. The van der Waals surface area contributed by atoms with E-state index in [1.54, 1.807) is 18.3 Å². The Labute approximate surface area is 144 Å². The fourth-order valence-corrected chi connectivity index (χ4v) is 3.10. The van der Waals surface area contributed by atoms with E-state index in [0.29, 0.717) is 20.6 Å². The number of ether oxygens (including phenoxy) is 2. The van der Waals surface area contributed by atoms with Gasteiger partial charge in [0.2, 0.25) is 6.29 Å². The number of aliphatic hydroxyl groups excluding tert-OH is 4. The Bertz CT molecular complexity index is 708. The highest BCUT2D eigenvalue weighted by Gasteiger charge is 2.44. The lowest BCUT2D eigenvalue weighted by Gasteiger charge is -2.39. The van der Waals surface area contributed by atoms with Crippen LogP contribution in [0.5, 0.6) is 5.75 Å². The van der Waals surface area contributed by atoms with Gasteiger partial charge < -0.3 is 34.9 Å². The summed E-state index contributed by atoms with van der Waals surface area (Å²) in [5, 5.41) is 39.8. The molecule has 1 saturated heterocycles. The molecule has 2 aromatic rings. The number of rotatable bonds is 3. The molecule has 23 heavy (non-hydrogen) atoms. The molecular weight excluding hydrogens is 394 g/mol. The van der Waals surface area contributed by atoms with Crippen molar-refractivity contribution in [1.29, 1.82) is 0 Å². The smallest absolute Gasteiger partial charge is 0.229 e. The zero-order valence-electron chi connectivity index (χ0n) is 11.7. The van der Waals surface area contributed by atoms with Crippen LogP contribution in [0, 0.1) is 0 Å². The van der Waals surface area contributed by atoms with E-state index in [2.05, 4.69) is 20.9 Å². The average Bonchev–Trinajstić information content (AvgIpc) is 2.95.